The van der Waals surface area contributed by atoms with Gasteiger partial charge in [-0.25, -0.2) is 4.39 Å². The molecule has 12 heteroatoms. The summed E-state index contributed by atoms with van der Waals surface area (Å²) in [6.07, 6.45) is -1.07. The van der Waals surface area contributed by atoms with Crippen LogP contribution in [0.15, 0.2) is 35.8 Å². The van der Waals surface area contributed by atoms with E-state index in [9.17, 15) is 32.5 Å². The summed E-state index contributed by atoms with van der Waals surface area (Å²) in [4.78, 5) is 22.9. The fraction of sp³-hybridized carbons (Fsp3) is 0.333. The van der Waals surface area contributed by atoms with Gasteiger partial charge in [0, 0.05) is 18.5 Å². The minimum Gasteiger partial charge on any atom is -0.319 e. The fourth-order valence-electron chi connectivity index (χ4n) is 2.84. The molecule has 0 saturated carbocycles. The number of nitrogens with zero attached hydrogens (tertiary/aromatic N) is 3. The zero-order valence-electron chi connectivity index (χ0n) is 15.8. The third-order valence-corrected chi connectivity index (χ3v) is 5.38. The predicted octanol–water partition coefficient (Wildman–Crippen LogP) is 5.38. The standard InChI is InChI=1S/C18H16F4N4O3S/c1-9(2)25-12(8-15(24-25)18(20,21)22)16-13(26(28)29)7-14(30-16)17(27)23-11-6-4-3-5-10(11)19/h4,6-9H,3,5H2,1-2H3,(H,23,27). The highest BCUT2D eigenvalue weighted by molar-refractivity contribution is 7.18. The smallest absolute Gasteiger partial charge is 0.319 e. The molecule has 0 unspecified atom stereocenters. The Kier molecular flexibility index (Phi) is 5.79. The van der Waals surface area contributed by atoms with E-state index in [-0.39, 0.29) is 27.6 Å². The van der Waals surface area contributed by atoms with E-state index in [0.29, 0.717) is 23.8 Å². The SMILES string of the molecule is CC(C)n1nc(C(F)(F)F)cc1-c1sc(C(=O)NC2=C(F)CCC=C2)cc1[N+](=O)[O-]. The number of rotatable bonds is 5. The molecular weight excluding hydrogens is 428 g/mol. The van der Waals surface area contributed by atoms with Crippen LogP contribution in [0, 0.1) is 10.1 Å². The summed E-state index contributed by atoms with van der Waals surface area (Å²) >= 11 is 0.643. The molecule has 0 fully saturated rings. The van der Waals surface area contributed by atoms with Gasteiger partial charge in [-0.05, 0) is 32.4 Å². The van der Waals surface area contributed by atoms with Crippen LogP contribution >= 0.6 is 11.3 Å². The molecule has 2 aromatic rings. The number of hydrogen-bond donors (Lipinski definition) is 1. The van der Waals surface area contributed by atoms with Gasteiger partial charge in [-0.2, -0.15) is 18.3 Å². The van der Waals surface area contributed by atoms with Gasteiger partial charge in [-0.1, -0.05) is 6.08 Å². The lowest BCUT2D eigenvalue weighted by Crippen LogP contribution is -2.22. The summed E-state index contributed by atoms with van der Waals surface area (Å²) in [5.74, 6) is -1.32. The Hall–Kier alpha value is -3.02. The third-order valence-electron chi connectivity index (χ3n) is 4.24. The number of aromatic nitrogens is 2. The molecule has 1 aliphatic carbocycles. The van der Waals surface area contributed by atoms with E-state index in [1.165, 1.54) is 6.08 Å². The van der Waals surface area contributed by atoms with Crippen LogP contribution in [-0.2, 0) is 6.18 Å². The molecule has 0 radical (unpaired) electrons. The quantitative estimate of drug-likeness (QED) is 0.381. The largest absolute Gasteiger partial charge is 0.435 e. The molecule has 2 aromatic heterocycles. The van der Waals surface area contributed by atoms with Crippen LogP contribution in [0.1, 0.15) is 48.1 Å². The molecule has 0 saturated heterocycles. The van der Waals surface area contributed by atoms with Crippen molar-refractivity contribution >= 4 is 22.9 Å². The first-order valence-corrected chi connectivity index (χ1v) is 9.62. The van der Waals surface area contributed by atoms with Crippen molar-refractivity contribution in [1.82, 2.24) is 15.1 Å². The topological polar surface area (TPSA) is 90.1 Å². The normalized spacial score (nSPS) is 14.5. The highest BCUT2D eigenvalue weighted by Gasteiger charge is 2.37. The van der Waals surface area contributed by atoms with E-state index in [2.05, 4.69) is 10.4 Å². The molecule has 3 rings (SSSR count). The predicted molar refractivity (Wildman–Crippen MR) is 102 cm³/mol. The molecule has 0 aliphatic heterocycles. The van der Waals surface area contributed by atoms with Gasteiger partial charge in [0.2, 0.25) is 0 Å². The second kappa shape index (κ2) is 8.01. The van der Waals surface area contributed by atoms with Crippen LogP contribution in [0.2, 0.25) is 0 Å². The lowest BCUT2D eigenvalue weighted by molar-refractivity contribution is -0.383. The van der Waals surface area contributed by atoms with Crippen molar-refractivity contribution in [3.05, 3.63) is 56.5 Å². The molecular formula is C18H16F4N4O3S. The monoisotopic (exact) mass is 444 g/mol. The molecule has 0 bridgehead atoms. The molecule has 0 atom stereocenters. The van der Waals surface area contributed by atoms with Crippen LogP contribution < -0.4 is 5.32 Å². The Morgan fingerprint density at radius 2 is 2.07 bits per heavy atom. The summed E-state index contributed by atoms with van der Waals surface area (Å²) in [6.45, 7) is 3.16. The number of allylic oxidation sites excluding steroid dienone is 3. The van der Waals surface area contributed by atoms with Crippen molar-refractivity contribution in [2.75, 3.05) is 0 Å². The number of alkyl halides is 3. The van der Waals surface area contributed by atoms with Crippen molar-refractivity contribution in [2.45, 2.75) is 38.9 Å². The number of nitro groups is 1. The molecule has 7 nitrogen and oxygen atoms in total. The van der Waals surface area contributed by atoms with Gasteiger partial charge in [-0.3, -0.25) is 19.6 Å². The number of nitrogens with one attached hydrogen (secondary N) is 1. The Labute approximate surface area is 171 Å². The molecule has 1 amide bonds. The van der Waals surface area contributed by atoms with Gasteiger partial charge < -0.3 is 5.32 Å². The second-order valence-corrected chi connectivity index (χ2v) is 7.80. The lowest BCUT2D eigenvalue weighted by atomic mass is 10.1. The average molecular weight is 444 g/mol. The van der Waals surface area contributed by atoms with Gasteiger partial charge in [0.05, 0.1) is 21.2 Å². The third kappa shape index (κ3) is 4.27. The maximum Gasteiger partial charge on any atom is 0.435 e. The number of amides is 1. The molecule has 2 heterocycles. The van der Waals surface area contributed by atoms with E-state index in [1.807, 2.05) is 0 Å². The van der Waals surface area contributed by atoms with Crippen LogP contribution in [0.25, 0.3) is 10.6 Å². The highest BCUT2D eigenvalue weighted by atomic mass is 32.1. The van der Waals surface area contributed by atoms with Gasteiger partial charge in [0.15, 0.2) is 5.69 Å². The van der Waals surface area contributed by atoms with Gasteiger partial charge in [0.25, 0.3) is 11.6 Å². The van der Waals surface area contributed by atoms with Gasteiger partial charge in [0.1, 0.15) is 10.7 Å². The molecule has 1 aliphatic rings. The summed E-state index contributed by atoms with van der Waals surface area (Å²) in [5.41, 5.74) is -1.90. The van der Waals surface area contributed by atoms with Crippen LogP contribution in [0.5, 0.6) is 0 Å². The Bertz CT molecular complexity index is 1070. The van der Waals surface area contributed by atoms with Crippen LogP contribution in [-0.4, -0.2) is 20.6 Å². The van der Waals surface area contributed by atoms with Crippen LogP contribution in [0.3, 0.4) is 0 Å². The van der Waals surface area contributed by atoms with E-state index in [1.54, 1.807) is 19.9 Å². The molecule has 0 aromatic carbocycles. The number of carbonyl (C=O) groups excluding carboxylic acids is 1. The highest BCUT2D eigenvalue weighted by Crippen LogP contribution is 2.41. The van der Waals surface area contributed by atoms with E-state index in [0.717, 1.165) is 10.7 Å². The molecule has 1 N–H and O–H groups in total. The zero-order valence-corrected chi connectivity index (χ0v) is 16.6. The van der Waals surface area contributed by atoms with Gasteiger partial charge >= 0.3 is 6.18 Å². The van der Waals surface area contributed by atoms with Crippen molar-refractivity contribution in [3.8, 4) is 10.6 Å². The number of carbonyl (C=O) groups is 1. The first-order valence-electron chi connectivity index (χ1n) is 8.81. The number of thiophene rings is 1. The van der Waals surface area contributed by atoms with Crippen molar-refractivity contribution in [1.29, 1.82) is 0 Å². The van der Waals surface area contributed by atoms with Crippen molar-refractivity contribution in [3.63, 3.8) is 0 Å². The van der Waals surface area contributed by atoms with Crippen molar-refractivity contribution < 1.29 is 27.3 Å². The second-order valence-electron chi connectivity index (χ2n) is 6.75. The summed E-state index contributed by atoms with van der Waals surface area (Å²) in [6, 6.07) is 1.15. The first kappa shape index (κ1) is 21.7. The Balaban J connectivity index is 2.06. The van der Waals surface area contributed by atoms with E-state index < -0.39 is 40.3 Å². The lowest BCUT2D eigenvalue weighted by Gasteiger charge is -2.10. The molecule has 160 valence electrons. The maximum absolute atomic E-state index is 13.8. The van der Waals surface area contributed by atoms with E-state index >= 15 is 0 Å². The molecule has 30 heavy (non-hydrogen) atoms. The fourth-order valence-corrected chi connectivity index (χ4v) is 3.87. The summed E-state index contributed by atoms with van der Waals surface area (Å²) in [7, 11) is 0. The Morgan fingerprint density at radius 3 is 2.63 bits per heavy atom. The summed E-state index contributed by atoms with van der Waals surface area (Å²) in [5, 5.41) is 17.4. The van der Waals surface area contributed by atoms with Crippen LogP contribution in [0.4, 0.5) is 23.2 Å². The van der Waals surface area contributed by atoms with E-state index in [4.69, 9.17) is 0 Å². The number of hydrogen-bond acceptors (Lipinski definition) is 5. The Morgan fingerprint density at radius 1 is 1.37 bits per heavy atom. The number of halogens is 4. The van der Waals surface area contributed by atoms with Crippen molar-refractivity contribution in [2.24, 2.45) is 0 Å². The maximum atomic E-state index is 13.8. The first-order chi connectivity index (χ1) is 14.0. The minimum atomic E-state index is -4.74. The zero-order chi connectivity index (χ0) is 22.2. The molecule has 0 spiro atoms. The average Bonchev–Trinajstić information content (AvgIpc) is 3.27. The minimum absolute atomic E-state index is 0.0459. The summed E-state index contributed by atoms with van der Waals surface area (Å²) < 4.78 is 54.3. The van der Waals surface area contributed by atoms with Gasteiger partial charge in [-0.15, -0.1) is 11.3 Å².